The molecule has 0 heterocycles. The van der Waals surface area contributed by atoms with Gasteiger partial charge in [-0.15, -0.1) is 0 Å². The fourth-order valence-electron chi connectivity index (χ4n) is 4.36. The number of rotatable bonds is 9. The normalized spacial score (nSPS) is 12.0. The zero-order valence-electron chi connectivity index (χ0n) is 28.0. The van der Waals surface area contributed by atoms with E-state index in [1.165, 1.54) is 31.2 Å². The molecule has 15 nitrogen and oxygen atoms in total. The molecule has 0 radical (unpaired) electrons. The second-order valence-electron chi connectivity index (χ2n) is 11.4. The number of ketones is 1. The molecule has 4 aromatic carbocycles. The lowest BCUT2D eigenvalue weighted by atomic mass is 9.78. The van der Waals surface area contributed by atoms with Gasteiger partial charge in [-0.05, 0) is 72.1 Å². The minimum Gasteiger partial charge on any atom is -0.497 e. The quantitative estimate of drug-likeness (QED) is 0.131. The second-order valence-corrected chi connectivity index (χ2v) is 17.1. The van der Waals surface area contributed by atoms with Gasteiger partial charge < -0.3 is 9.47 Å². The molecule has 4 aromatic rings. The van der Waals surface area contributed by atoms with E-state index >= 15 is 0 Å². The first kappa shape index (κ1) is 43.0. The molecule has 4 rings (SSSR count). The maximum absolute atomic E-state index is 13.1. The molecule has 4 N–H and O–H groups in total. The molecule has 0 amide bonds. The van der Waals surface area contributed by atoms with Gasteiger partial charge in [0.15, 0.2) is 5.78 Å². The zero-order valence-corrected chi connectivity index (χ0v) is 31.3. The van der Waals surface area contributed by atoms with Crippen molar-refractivity contribution in [3.05, 3.63) is 113 Å². The number of carbonyl (C=O) groups excluding carboxylic acids is 1. The van der Waals surface area contributed by atoms with Crippen LogP contribution < -0.4 is 9.47 Å². The molecule has 19 heteroatoms. The van der Waals surface area contributed by atoms with Crippen LogP contribution in [0.1, 0.15) is 46.5 Å². The van der Waals surface area contributed by atoms with E-state index in [9.17, 15) is 47.6 Å². The third-order valence-electron chi connectivity index (χ3n) is 6.83. The fourth-order valence-corrected chi connectivity index (χ4v) is 5.75. The minimum absolute atomic E-state index is 0.103. The summed E-state index contributed by atoms with van der Waals surface area (Å²) < 4.78 is 130. The van der Waals surface area contributed by atoms with Crippen molar-refractivity contribution >= 4 is 46.3 Å². The molecule has 0 aliphatic carbocycles. The summed E-state index contributed by atoms with van der Waals surface area (Å²) in [6.07, 6.45) is 1.43. The Bertz CT molecular complexity index is 2270. The molecular weight excluding hydrogens is 753 g/mol. The largest absolute Gasteiger partial charge is 0.497 e. The lowest BCUT2D eigenvalue weighted by molar-refractivity contribution is 0.103. The lowest BCUT2D eigenvalue weighted by Gasteiger charge is -2.26. The first-order valence-electron chi connectivity index (χ1n) is 14.1. The first-order valence-corrected chi connectivity index (χ1v) is 20.7. The van der Waals surface area contributed by atoms with E-state index in [0.717, 1.165) is 29.0 Å². The highest BCUT2D eigenvalue weighted by atomic mass is 32.2. The van der Waals surface area contributed by atoms with Gasteiger partial charge >= 0.3 is 0 Å². The topological polar surface area (TPSA) is 253 Å². The molecule has 0 fully saturated rings. The highest BCUT2D eigenvalue weighted by Gasteiger charge is 2.25. The van der Waals surface area contributed by atoms with Crippen molar-refractivity contribution in [1.29, 1.82) is 0 Å². The van der Waals surface area contributed by atoms with Crippen LogP contribution in [0, 0.1) is 6.92 Å². The summed E-state index contributed by atoms with van der Waals surface area (Å²) in [6, 6.07) is 21.9. The standard InChI is InChI=1S/C30H28O9S2.2CH4O3S/c1-19-5-6-20(17-27(19)40(32,33)34)29(31)21-7-16-26(28(18-21)41(35,36)37)39-25-14-10-23(11-15-25)30(2,3)22-8-12-24(38-4)13-9-22;2*1-5(2,3)4/h5-18H,1-4H3,(H,32,33,34)(H,35,36,37);2*1H3,(H,2,3,4). The van der Waals surface area contributed by atoms with Crippen molar-refractivity contribution in [2.75, 3.05) is 19.6 Å². The first-order chi connectivity index (χ1) is 23.1. The Hall–Kier alpha value is -4.21. The van der Waals surface area contributed by atoms with Crippen LogP contribution in [0.15, 0.2) is 94.7 Å². The Morgan fingerprint density at radius 2 is 0.961 bits per heavy atom. The Morgan fingerprint density at radius 3 is 1.35 bits per heavy atom. The van der Waals surface area contributed by atoms with E-state index in [2.05, 4.69) is 13.8 Å². The SMILES string of the molecule is COc1ccc(C(C)(C)c2ccc(Oc3ccc(C(=O)c4ccc(C)c(S(=O)(=O)O)c4)cc3S(=O)(=O)O)cc2)cc1.CS(=O)(=O)O.CS(=O)(=O)O. The number of aryl methyl sites for hydroxylation is 1. The van der Waals surface area contributed by atoms with Crippen molar-refractivity contribution in [1.82, 2.24) is 0 Å². The van der Waals surface area contributed by atoms with Gasteiger partial charge in [0.2, 0.25) is 0 Å². The van der Waals surface area contributed by atoms with Gasteiger partial charge in [-0.25, -0.2) is 0 Å². The summed E-state index contributed by atoms with van der Waals surface area (Å²) in [6.45, 7) is 5.57. The molecule has 0 aliphatic heterocycles. The van der Waals surface area contributed by atoms with E-state index in [0.29, 0.717) is 18.3 Å². The Morgan fingerprint density at radius 1 is 0.588 bits per heavy atom. The van der Waals surface area contributed by atoms with Gasteiger partial charge in [0.25, 0.3) is 40.5 Å². The number of benzene rings is 4. The molecule has 0 saturated carbocycles. The predicted octanol–water partition coefficient (Wildman–Crippen LogP) is 4.85. The van der Waals surface area contributed by atoms with E-state index < -0.39 is 56.0 Å². The summed E-state index contributed by atoms with van der Waals surface area (Å²) >= 11 is 0. The Labute approximate surface area is 296 Å². The van der Waals surface area contributed by atoms with Gasteiger partial charge in [-0.2, -0.15) is 33.7 Å². The summed E-state index contributed by atoms with van der Waals surface area (Å²) in [7, 11) is -15.1. The van der Waals surface area contributed by atoms with Crippen LogP contribution >= 0.6 is 0 Å². The third-order valence-corrected chi connectivity index (χ3v) is 8.70. The van der Waals surface area contributed by atoms with Crippen molar-refractivity contribution in [2.24, 2.45) is 0 Å². The van der Waals surface area contributed by atoms with E-state index in [-0.39, 0.29) is 27.9 Å². The molecule has 0 spiro atoms. The molecular formula is C32H36O15S4. The van der Waals surface area contributed by atoms with Crippen LogP contribution in [-0.4, -0.2) is 77.3 Å². The Balaban J connectivity index is 0.000000793. The summed E-state index contributed by atoms with van der Waals surface area (Å²) in [5.41, 5.74) is 1.63. The van der Waals surface area contributed by atoms with Crippen molar-refractivity contribution < 1.29 is 66.2 Å². The molecule has 51 heavy (non-hydrogen) atoms. The van der Waals surface area contributed by atoms with Gasteiger partial charge in [0, 0.05) is 16.5 Å². The van der Waals surface area contributed by atoms with Crippen LogP contribution in [-0.2, 0) is 45.9 Å². The van der Waals surface area contributed by atoms with Crippen LogP contribution in [0.25, 0.3) is 0 Å². The third kappa shape index (κ3) is 13.8. The molecule has 0 unspecified atom stereocenters. The van der Waals surface area contributed by atoms with Gasteiger partial charge in [-0.3, -0.25) is 23.0 Å². The van der Waals surface area contributed by atoms with Crippen molar-refractivity contribution in [3.8, 4) is 17.2 Å². The molecule has 0 saturated heterocycles. The van der Waals surface area contributed by atoms with Gasteiger partial charge in [0.1, 0.15) is 22.1 Å². The van der Waals surface area contributed by atoms with Crippen LogP contribution in [0.4, 0.5) is 0 Å². The van der Waals surface area contributed by atoms with Crippen molar-refractivity contribution in [2.45, 2.75) is 36.0 Å². The van der Waals surface area contributed by atoms with Crippen molar-refractivity contribution in [3.63, 3.8) is 0 Å². The number of hydrogen-bond acceptors (Lipinski definition) is 11. The summed E-state index contributed by atoms with van der Waals surface area (Å²) in [4.78, 5) is 12.0. The molecule has 0 bridgehead atoms. The lowest BCUT2D eigenvalue weighted by Crippen LogP contribution is -2.18. The molecule has 0 atom stereocenters. The molecule has 0 aliphatic rings. The average molecular weight is 789 g/mol. The molecule has 0 aromatic heterocycles. The highest BCUT2D eigenvalue weighted by molar-refractivity contribution is 7.86. The van der Waals surface area contributed by atoms with E-state index in [4.69, 9.17) is 18.6 Å². The van der Waals surface area contributed by atoms with Gasteiger partial charge in [0.05, 0.1) is 24.5 Å². The molecule has 278 valence electrons. The smallest absolute Gasteiger partial charge is 0.298 e. The second kappa shape index (κ2) is 16.4. The number of methoxy groups -OCH3 is 1. The van der Waals surface area contributed by atoms with Crippen LogP contribution in [0.3, 0.4) is 0 Å². The predicted molar refractivity (Wildman–Crippen MR) is 187 cm³/mol. The van der Waals surface area contributed by atoms with Crippen LogP contribution in [0.2, 0.25) is 0 Å². The number of ether oxygens (including phenoxy) is 2. The van der Waals surface area contributed by atoms with Crippen LogP contribution in [0.5, 0.6) is 17.2 Å². The van der Waals surface area contributed by atoms with E-state index in [1.54, 1.807) is 19.2 Å². The highest BCUT2D eigenvalue weighted by Crippen LogP contribution is 2.35. The minimum atomic E-state index is -4.83. The Kier molecular flexibility index (Phi) is 13.8. The number of hydrogen-bond donors (Lipinski definition) is 4. The monoisotopic (exact) mass is 788 g/mol. The fraction of sp³-hybridized carbons (Fsp3) is 0.219. The number of carbonyl (C=O) groups is 1. The maximum Gasteiger partial charge on any atom is 0.298 e. The van der Waals surface area contributed by atoms with Gasteiger partial charge in [-0.1, -0.05) is 50.2 Å². The summed E-state index contributed by atoms with van der Waals surface area (Å²) in [5, 5.41) is 0. The average Bonchev–Trinajstić information content (AvgIpc) is 2.99. The zero-order chi connectivity index (χ0) is 39.2. The summed E-state index contributed by atoms with van der Waals surface area (Å²) in [5.74, 6) is 0.0992. The van der Waals surface area contributed by atoms with E-state index in [1.807, 2.05) is 36.4 Å². The maximum atomic E-state index is 13.1.